The molecule has 1 aromatic heterocycles. The number of pyridine rings is 1. The van der Waals surface area contributed by atoms with Gasteiger partial charge in [-0.3, -0.25) is 9.78 Å². The van der Waals surface area contributed by atoms with Crippen LogP contribution in [0.15, 0.2) is 42.6 Å². The van der Waals surface area contributed by atoms with Crippen molar-refractivity contribution in [2.75, 3.05) is 6.54 Å². The van der Waals surface area contributed by atoms with E-state index in [-0.39, 0.29) is 18.3 Å². The summed E-state index contributed by atoms with van der Waals surface area (Å²) in [5, 5.41) is 2.77. The fraction of sp³-hybridized carbons (Fsp3) is 0.400. The molecular weight excluding hydrogens is 373 g/mol. The van der Waals surface area contributed by atoms with Gasteiger partial charge in [-0.25, -0.2) is 0 Å². The van der Waals surface area contributed by atoms with E-state index in [1.54, 1.807) is 12.1 Å². The van der Waals surface area contributed by atoms with E-state index < -0.39 is 6.36 Å². The average Bonchev–Trinajstić information content (AvgIpc) is 2.66. The Bertz CT molecular complexity index is 715. The number of carbonyl (C=O) groups excluding carboxylic acids is 1. The predicted octanol–water partition coefficient (Wildman–Crippen LogP) is 4.97. The van der Waals surface area contributed by atoms with Gasteiger partial charge in [0.15, 0.2) is 0 Å². The quantitative estimate of drug-likeness (QED) is 0.715. The highest BCUT2D eigenvalue weighted by atomic mass is 19.4. The molecule has 1 aromatic carbocycles. The molecule has 0 aliphatic heterocycles. The van der Waals surface area contributed by atoms with Crippen molar-refractivity contribution in [3.8, 4) is 11.5 Å². The largest absolute Gasteiger partial charge is 0.573 e. The number of hydrogen-bond donors (Lipinski definition) is 1. The highest BCUT2D eigenvalue weighted by molar-refractivity contribution is 5.92. The first-order chi connectivity index (χ1) is 13.2. The van der Waals surface area contributed by atoms with Crippen LogP contribution in [0.1, 0.15) is 43.7 Å². The molecule has 0 spiro atoms. The summed E-state index contributed by atoms with van der Waals surface area (Å²) in [6.07, 6.45) is -3.21. The van der Waals surface area contributed by atoms with Gasteiger partial charge in [0.1, 0.15) is 23.8 Å². The molecule has 28 heavy (non-hydrogen) atoms. The standard InChI is InChI=1S/C18H19F3N2O3.C2H6/c1-12(2)9-23-17(24)16-8-3-13(10-22-16)11-25-14-4-6-15(7-5-14)26-18(19,20)21;1-2/h3-8,10,12H,9,11H2,1-2H3,(H,23,24);1-2H3. The van der Waals surface area contributed by atoms with Crippen LogP contribution in [0.4, 0.5) is 13.2 Å². The molecule has 0 atom stereocenters. The Balaban J connectivity index is 0.00000190. The Kier molecular flexibility index (Phi) is 9.27. The lowest BCUT2D eigenvalue weighted by atomic mass is 10.2. The summed E-state index contributed by atoms with van der Waals surface area (Å²) < 4.78 is 45.6. The normalized spacial score (nSPS) is 10.7. The third-order valence-electron chi connectivity index (χ3n) is 3.19. The third kappa shape index (κ3) is 8.75. The van der Waals surface area contributed by atoms with Crippen LogP contribution in [0, 0.1) is 5.92 Å². The van der Waals surface area contributed by atoms with Crippen molar-refractivity contribution in [2.45, 2.75) is 40.7 Å². The SMILES string of the molecule is CC.CC(C)CNC(=O)c1ccc(COc2ccc(OC(F)(F)F)cc2)cn1. The number of halogens is 3. The molecule has 8 heteroatoms. The summed E-state index contributed by atoms with van der Waals surface area (Å²) in [5.41, 5.74) is 1.03. The molecule has 0 fully saturated rings. The zero-order valence-electron chi connectivity index (χ0n) is 16.3. The minimum Gasteiger partial charge on any atom is -0.489 e. The number of ether oxygens (including phenoxy) is 2. The van der Waals surface area contributed by atoms with Crippen LogP contribution in [0.25, 0.3) is 0 Å². The second kappa shape index (κ2) is 11.2. The number of benzene rings is 1. The Morgan fingerprint density at radius 2 is 1.68 bits per heavy atom. The molecule has 0 saturated carbocycles. The van der Waals surface area contributed by atoms with Gasteiger partial charge in [-0.05, 0) is 36.2 Å². The number of amides is 1. The van der Waals surface area contributed by atoms with Gasteiger partial charge >= 0.3 is 6.36 Å². The molecular formula is C20H25F3N2O3. The lowest BCUT2D eigenvalue weighted by molar-refractivity contribution is -0.274. The Labute approximate surface area is 162 Å². The molecule has 5 nitrogen and oxygen atoms in total. The maximum Gasteiger partial charge on any atom is 0.573 e. The first-order valence-corrected chi connectivity index (χ1v) is 8.94. The smallest absolute Gasteiger partial charge is 0.489 e. The zero-order chi connectivity index (χ0) is 21.2. The summed E-state index contributed by atoms with van der Waals surface area (Å²) >= 11 is 0. The number of rotatable bonds is 7. The van der Waals surface area contributed by atoms with Gasteiger partial charge in [0.2, 0.25) is 0 Å². The molecule has 0 unspecified atom stereocenters. The topological polar surface area (TPSA) is 60.5 Å². The maximum absolute atomic E-state index is 12.1. The van der Waals surface area contributed by atoms with Crippen LogP contribution in [-0.2, 0) is 6.61 Å². The van der Waals surface area contributed by atoms with Gasteiger partial charge in [0.25, 0.3) is 5.91 Å². The second-order valence-electron chi connectivity index (χ2n) is 5.96. The highest BCUT2D eigenvalue weighted by Gasteiger charge is 2.30. The molecule has 0 aliphatic carbocycles. The van der Waals surface area contributed by atoms with Gasteiger partial charge in [-0.15, -0.1) is 13.2 Å². The van der Waals surface area contributed by atoms with Crippen LogP contribution in [-0.4, -0.2) is 23.8 Å². The zero-order valence-corrected chi connectivity index (χ0v) is 16.3. The number of hydrogen-bond acceptors (Lipinski definition) is 4. The van der Waals surface area contributed by atoms with Crippen molar-refractivity contribution in [2.24, 2.45) is 5.92 Å². The maximum atomic E-state index is 12.1. The number of carbonyl (C=O) groups is 1. The monoisotopic (exact) mass is 398 g/mol. The Hall–Kier alpha value is -2.77. The van der Waals surface area contributed by atoms with E-state index >= 15 is 0 Å². The molecule has 1 N–H and O–H groups in total. The summed E-state index contributed by atoms with van der Waals surface area (Å²) in [7, 11) is 0. The summed E-state index contributed by atoms with van der Waals surface area (Å²) in [6.45, 7) is 8.73. The van der Waals surface area contributed by atoms with Crippen LogP contribution < -0.4 is 14.8 Å². The molecule has 2 rings (SSSR count). The van der Waals surface area contributed by atoms with Crippen molar-refractivity contribution in [3.05, 3.63) is 53.9 Å². The summed E-state index contributed by atoms with van der Waals surface area (Å²) in [5.74, 6) is 0.174. The molecule has 0 bridgehead atoms. The van der Waals surface area contributed by atoms with E-state index in [9.17, 15) is 18.0 Å². The van der Waals surface area contributed by atoms with Crippen LogP contribution in [0.2, 0.25) is 0 Å². The second-order valence-corrected chi connectivity index (χ2v) is 5.96. The Morgan fingerprint density at radius 1 is 1.07 bits per heavy atom. The minimum absolute atomic E-state index is 0.167. The summed E-state index contributed by atoms with van der Waals surface area (Å²) in [6, 6.07) is 8.39. The molecule has 0 saturated heterocycles. The van der Waals surface area contributed by atoms with Gasteiger partial charge in [0.05, 0.1) is 0 Å². The highest BCUT2D eigenvalue weighted by Crippen LogP contribution is 2.25. The van der Waals surface area contributed by atoms with E-state index in [4.69, 9.17) is 4.74 Å². The predicted molar refractivity (Wildman–Crippen MR) is 100 cm³/mol. The van der Waals surface area contributed by atoms with Gasteiger partial charge < -0.3 is 14.8 Å². The summed E-state index contributed by atoms with van der Waals surface area (Å²) in [4.78, 5) is 16.0. The van der Waals surface area contributed by atoms with Gasteiger partial charge in [-0.2, -0.15) is 0 Å². The van der Waals surface area contributed by atoms with Gasteiger partial charge in [0, 0.05) is 18.3 Å². The van der Waals surface area contributed by atoms with Crippen LogP contribution in [0.3, 0.4) is 0 Å². The average molecular weight is 398 g/mol. The molecule has 1 amide bonds. The number of nitrogens with one attached hydrogen (secondary N) is 1. The minimum atomic E-state index is -4.72. The fourth-order valence-corrected chi connectivity index (χ4v) is 1.94. The lowest BCUT2D eigenvalue weighted by Crippen LogP contribution is -2.28. The van der Waals surface area contributed by atoms with E-state index in [1.807, 2.05) is 27.7 Å². The van der Waals surface area contributed by atoms with E-state index in [0.717, 1.165) is 5.56 Å². The van der Waals surface area contributed by atoms with Crippen molar-refractivity contribution in [1.82, 2.24) is 10.3 Å². The number of aromatic nitrogens is 1. The third-order valence-corrected chi connectivity index (χ3v) is 3.19. The first-order valence-electron chi connectivity index (χ1n) is 8.94. The molecule has 1 heterocycles. The van der Waals surface area contributed by atoms with Crippen molar-refractivity contribution in [3.63, 3.8) is 0 Å². The number of nitrogens with zero attached hydrogens (tertiary/aromatic N) is 1. The van der Waals surface area contributed by atoms with E-state index in [1.165, 1.54) is 30.5 Å². The first kappa shape index (κ1) is 23.3. The molecule has 2 aromatic rings. The van der Waals surface area contributed by atoms with Crippen molar-refractivity contribution < 1.29 is 27.4 Å². The molecule has 154 valence electrons. The van der Waals surface area contributed by atoms with Crippen molar-refractivity contribution >= 4 is 5.91 Å². The lowest BCUT2D eigenvalue weighted by Gasteiger charge is -2.10. The molecule has 0 aliphatic rings. The van der Waals surface area contributed by atoms with Crippen LogP contribution in [0.5, 0.6) is 11.5 Å². The van der Waals surface area contributed by atoms with E-state index in [0.29, 0.717) is 23.9 Å². The fourth-order valence-electron chi connectivity index (χ4n) is 1.94. The number of alkyl halides is 3. The van der Waals surface area contributed by atoms with Gasteiger partial charge in [-0.1, -0.05) is 33.8 Å². The Morgan fingerprint density at radius 3 is 2.18 bits per heavy atom. The van der Waals surface area contributed by atoms with E-state index in [2.05, 4.69) is 15.0 Å². The van der Waals surface area contributed by atoms with Crippen molar-refractivity contribution in [1.29, 1.82) is 0 Å². The molecule has 0 radical (unpaired) electrons. The van der Waals surface area contributed by atoms with Crippen LogP contribution >= 0.6 is 0 Å².